The largest absolute Gasteiger partial charge is 0.375 e. The standard InChI is InChI=1S/C10H14N4OS/c1-3-4-5-7-13-9(15-14-7)8-6(2)12-10(11)16-8/h3-5H2,1-2H3,(H2,11,12). The fraction of sp³-hybridized carbons (Fsp3) is 0.500. The number of aryl methyl sites for hydroxylation is 2. The number of anilines is 1. The minimum Gasteiger partial charge on any atom is -0.375 e. The second kappa shape index (κ2) is 4.61. The van der Waals surface area contributed by atoms with E-state index in [-0.39, 0.29) is 0 Å². The lowest BCUT2D eigenvalue weighted by Gasteiger charge is -1.88. The molecular weight excluding hydrogens is 224 g/mol. The van der Waals surface area contributed by atoms with Crippen LogP contribution in [0.3, 0.4) is 0 Å². The first-order valence-corrected chi connectivity index (χ1v) is 6.08. The lowest BCUT2D eigenvalue weighted by Crippen LogP contribution is -1.87. The smallest absolute Gasteiger partial charge is 0.269 e. The number of unbranched alkanes of at least 4 members (excludes halogenated alkanes) is 1. The minimum atomic E-state index is 0.526. The fourth-order valence-electron chi connectivity index (χ4n) is 1.40. The van der Waals surface area contributed by atoms with E-state index in [2.05, 4.69) is 22.0 Å². The summed E-state index contributed by atoms with van der Waals surface area (Å²) in [5.74, 6) is 1.28. The molecule has 0 aromatic carbocycles. The van der Waals surface area contributed by atoms with Crippen LogP contribution >= 0.6 is 11.3 Å². The average molecular weight is 238 g/mol. The zero-order chi connectivity index (χ0) is 11.5. The van der Waals surface area contributed by atoms with E-state index in [4.69, 9.17) is 10.3 Å². The van der Waals surface area contributed by atoms with Crippen LogP contribution in [0.4, 0.5) is 5.13 Å². The van der Waals surface area contributed by atoms with Crippen LogP contribution in [0.25, 0.3) is 10.8 Å². The van der Waals surface area contributed by atoms with Gasteiger partial charge in [0.05, 0.1) is 5.69 Å². The lowest BCUT2D eigenvalue weighted by atomic mass is 10.2. The third kappa shape index (κ3) is 2.21. The zero-order valence-electron chi connectivity index (χ0n) is 9.36. The van der Waals surface area contributed by atoms with E-state index in [0.717, 1.165) is 35.7 Å². The molecule has 2 aromatic heterocycles. The van der Waals surface area contributed by atoms with Gasteiger partial charge in [-0.3, -0.25) is 0 Å². The van der Waals surface area contributed by atoms with Gasteiger partial charge in [0.2, 0.25) is 0 Å². The monoisotopic (exact) mass is 238 g/mol. The summed E-state index contributed by atoms with van der Waals surface area (Å²) < 4.78 is 5.20. The van der Waals surface area contributed by atoms with Gasteiger partial charge in [0.1, 0.15) is 4.88 Å². The van der Waals surface area contributed by atoms with Crippen molar-refractivity contribution < 1.29 is 4.52 Å². The van der Waals surface area contributed by atoms with Crippen molar-refractivity contribution in [3.63, 3.8) is 0 Å². The molecule has 0 aliphatic heterocycles. The fourth-order valence-corrected chi connectivity index (χ4v) is 2.15. The van der Waals surface area contributed by atoms with Gasteiger partial charge < -0.3 is 10.3 Å². The van der Waals surface area contributed by atoms with Crippen molar-refractivity contribution in [2.45, 2.75) is 33.1 Å². The quantitative estimate of drug-likeness (QED) is 0.885. The molecule has 0 aliphatic rings. The number of nitrogens with zero attached hydrogens (tertiary/aromatic N) is 3. The highest BCUT2D eigenvalue weighted by atomic mass is 32.1. The van der Waals surface area contributed by atoms with Crippen molar-refractivity contribution in [3.8, 4) is 10.8 Å². The maximum atomic E-state index is 5.62. The molecule has 0 unspecified atom stereocenters. The molecule has 0 saturated heterocycles. The molecule has 0 amide bonds. The minimum absolute atomic E-state index is 0.526. The highest BCUT2D eigenvalue weighted by molar-refractivity contribution is 7.18. The molecule has 0 spiro atoms. The molecule has 2 rings (SSSR count). The summed E-state index contributed by atoms with van der Waals surface area (Å²) in [4.78, 5) is 9.32. The van der Waals surface area contributed by atoms with Crippen LogP contribution < -0.4 is 5.73 Å². The summed E-state index contributed by atoms with van der Waals surface area (Å²) in [5.41, 5.74) is 6.46. The van der Waals surface area contributed by atoms with Crippen molar-refractivity contribution in [1.82, 2.24) is 15.1 Å². The molecule has 0 atom stereocenters. The molecule has 2 aromatic rings. The van der Waals surface area contributed by atoms with Crippen LogP contribution in [0.5, 0.6) is 0 Å². The first-order chi connectivity index (χ1) is 7.70. The first-order valence-electron chi connectivity index (χ1n) is 5.26. The molecule has 2 heterocycles. The SMILES string of the molecule is CCCCc1noc(-c2sc(N)nc2C)n1. The van der Waals surface area contributed by atoms with Gasteiger partial charge in [-0.15, -0.1) is 0 Å². The van der Waals surface area contributed by atoms with Crippen LogP contribution in [0.1, 0.15) is 31.3 Å². The predicted octanol–water partition coefficient (Wildman–Crippen LogP) is 2.43. The first kappa shape index (κ1) is 11.1. The van der Waals surface area contributed by atoms with E-state index >= 15 is 0 Å². The van der Waals surface area contributed by atoms with Crippen LogP contribution in [0.2, 0.25) is 0 Å². The van der Waals surface area contributed by atoms with Crippen LogP contribution in [-0.2, 0) is 6.42 Å². The number of nitrogens with two attached hydrogens (primary N) is 1. The number of hydrogen-bond acceptors (Lipinski definition) is 6. The number of thiazole rings is 1. The van der Waals surface area contributed by atoms with Crippen molar-refractivity contribution in [3.05, 3.63) is 11.5 Å². The number of aromatic nitrogens is 3. The Morgan fingerprint density at radius 3 is 2.81 bits per heavy atom. The molecule has 16 heavy (non-hydrogen) atoms. The molecule has 0 aliphatic carbocycles. The number of nitrogen functional groups attached to an aromatic ring is 1. The predicted molar refractivity (Wildman–Crippen MR) is 63.2 cm³/mol. The second-order valence-electron chi connectivity index (χ2n) is 3.59. The van der Waals surface area contributed by atoms with Crippen molar-refractivity contribution >= 4 is 16.5 Å². The molecule has 2 N–H and O–H groups in total. The van der Waals surface area contributed by atoms with Crippen molar-refractivity contribution in [2.24, 2.45) is 0 Å². The molecule has 5 nitrogen and oxygen atoms in total. The maximum absolute atomic E-state index is 5.62. The Labute approximate surface area is 97.7 Å². The van der Waals surface area contributed by atoms with Gasteiger partial charge in [0.15, 0.2) is 11.0 Å². The van der Waals surface area contributed by atoms with E-state index < -0.39 is 0 Å². The van der Waals surface area contributed by atoms with Gasteiger partial charge in [-0.25, -0.2) is 4.98 Å². The Bertz CT molecular complexity index is 477. The van der Waals surface area contributed by atoms with Crippen molar-refractivity contribution in [2.75, 3.05) is 5.73 Å². The van der Waals surface area contributed by atoms with E-state index in [1.54, 1.807) is 0 Å². The molecule has 86 valence electrons. The Morgan fingerprint density at radius 1 is 1.38 bits per heavy atom. The van der Waals surface area contributed by atoms with Crippen LogP contribution in [-0.4, -0.2) is 15.1 Å². The topological polar surface area (TPSA) is 77.8 Å². The molecular formula is C10H14N4OS. The Balaban J connectivity index is 2.21. The summed E-state index contributed by atoms with van der Waals surface area (Å²) in [6.45, 7) is 4.02. The Morgan fingerprint density at radius 2 is 2.19 bits per heavy atom. The highest BCUT2D eigenvalue weighted by Crippen LogP contribution is 2.29. The Kier molecular flexibility index (Phi) is 3.19. The normalized spacial score (nSPS) is 10.9. The molecule has 6 heteroatoms. The molecule has 0 bridgehead atoms. The third-order valence-electron chi connectivity index (χ3n) is 2.23. The number of rotatable bonds is 4. The molecule has 0 saturated carbocycles. The van der Waals surface area contributed by atoms with E-state index in [0.29, 0.717) is 11.0 Å². The van der Waals surface area contributed by atoms with Gasteiger partial charge in [-0.2, -0.15) is 4.98 Å². The summed E-state index contributed by atoms with van der Waals surface area (Å²) in [6, 6.07) is 0. The van der Waals surface area contributed by atoms with Crippen LogP contribution in [0.15, 0.2) is 4.52 Å². The molecule has 0 fully saturated rings. The van der Waals surface area contributed by atoms with Gasteiger partial charge >= 0.3 is 0 Å². The van der Waals surface area contributed by atoms with Gasteiger partial charge in [0, 0.05) is 6.42 Å². The molecule has 0 radical (unpaired) electrons. The van der Waals surface area contributed by atoms with E-state index in [9.17, 15) is 0 Å². The summed E-state index contributed by atoms with van der Waals surface area (Å²) in [5, 5.41) is 4.46. The van der Waals surface area contributed by atoms with E-state index in [1.807, 2.05) is 6.92 Å². The lowest BCUT2D eigenvalue weighted by molar-refractivity contribution is 0.422. The highest BCUT2D eigenvalue weighted by Gasteiger charge is 2.14. The van der Waals surface area contributed by atoms with Gasteiger partial charge in [-0.05, 0) is 13.3 Å². The average Bonchev–Trinajstić information content (AvgIpc) is 2.82. The summed E-state index contributed by atoms with van der Waals surface area (Å²) >= 11 is 1.38. The summed E-state index contributed by atoms with van der Waals surface area (Å²) in [7, 11) is 0. The number of hydrogen-bond donors (Lipinski definition) is 1. The van der Waals surface area contributed by atoms with Crippen molar-refractivity contribution in [1.29, 1.82) is 0 Å². The maximum Gasteiger partial charge on any atom is 0.269 e. The van der Waals surface area contributed by atoms with E-state index in [1.165, 1.54) is 11.3 Å². The Hall–Kier alpha value is -1.43. The zero-order valence-corrected chi connectivity index (χ0v) is 10.2. The summed E-state index contributed by atoms with van der Waals surface area (Å²) in [6.07, 6.45) is 3.05. The van der Waals surface area contributed by atoms with Gasteiger partial charge in [-0.1, -0.05) is 29.8 Å². The van der Waals surface area contributed by atoms with Crippen LogP contribution in [0, 0.1) is 6.92 Å². The third-order valence-corrected chi connectivity index (χ3v) is 3.20. The second-order valence-corrected chi connectivity index (χ2v) is 4.62. The van der Waals surface area contributed by atoms with Gasteiger partial charge in [0.25, 0.3) is 5.89 Å².